The first-order valence-electron chi connectivity index (χ1n) is 7.31. The van der Waals surface area contributed by atoms with Crippen molar-refractivity contribution in [2.45, 2.75) is 45.1 Å². The number of amidine groups is 1. The summed E-state index contributed by atoms with van der Waals surface area (Å²) in [5.41, 5.74) is 7.09. The molecule has 7 nitrogen and oxygen atoms in total. The van der Waals surface area contributed by atoms with E-state index in [4.69, 9.17) is 10.9 Å². The summed E-state index contributed by atoms with van der Waals surface area (Å²) in [6.07, 6.45) is 6.92. The van der Waals surface area contributed by atoms with Crippen LogP contribution in [-0.4, -0.2) is 32.8 Å². The summed E-state index contributed by atoms with van der Waals surface area (Å²) < 4.78 is 1.65. The molecule has 1 aromatic heterocycles. The monoisotopic (exact) mass is 293 g/mol. The minimum atomic E-state index is -0.428. The predicted octanol–water partition coefficient (Wildman–Crippen LogP) is 1.15. The Morgan fingerprint density at radius 2 is 2.19 bits per heavy atom. The molecule has 1 saturated carbocycles. The molecular weight excluding hydrogens is 270 g/mol. The Bertz CT molecular complexity index is 531. The first kappa shape index (κ1) is 15.3. The lowest BCUT2D eigenvalue weighted by atomic mass is 9.83. The molecule has 1 atom stereocenters. The highest BCUT2D eigenvalue weighted by Gasteiger charge is 2.29. The first-order chi connectivity index (χ1) is 10.0. The summed E-state index contributed by atoms with van der Waals surface area (Å²) in [7, 11) is 1.79. The quantitative estimate of drug-likeness (QED) is 0.335. The average Bonchev–Trinajstić information content (AvgIpc) is 2.84. The summed E-state index contributed by atoms with van der Waals surface area (Å²) in [5, 5.41) is 19.0. The third-order valence-electron chi connectivity index (χ3n) is 4.32. The first-order valence-corrected chi connectivity index (χ1v) is 7.31. The SMILES string of the molecule is Cc1c(C(=O)NC(/C(N)=N/O)C2CCCCC2)cnn1C. The van der Waals surface area contributed by atoms with Crippen molar-refractivity contribution in [3.05, 3.63) is 17.5 Å². The van der Waals surface area contributed by atoms with E-state index in [9.17, 15) is 4.79 Å². The van der Waals surface area contributed by atoms with E-state index in [1.165, 1.54) is 12.6 Å². The van der Waals surface area contributed by atoms with Gasteiger partial charge in [0.2, 0.25) is 0 Å². The number of oxime groups is 1. The number of nitrogens with two attached hydrogens (primary N) is 1. The molecule has 2 rings (SSSR count). The van der Waals surface area contributed by atoms with E-state index in [2.05, 4.69) is 15.6 Å². The summed E-state index contributed by atoms with van der Waals surface area (Å²) in [4.78, 5) is 12.4. The van der Waals surface area contributed by atoms with Crippen molar-refractivity contribution >= 4 is 11.7 Å². The Morgan fingerprint density at radius 3 is 2.71 bits per heavy atom. The van der Waals surface area contributed by atoms with Crippen LogP contribution in [0.5, 0.6) is 0 Å². The van der Waals surface area contributed by atoms with Crippen LogP contribution in [-0.2, 0) is 7.05 Å². The second-order valence-electron chi connectivity index (χ2n) is 5.64. The molecule has 0 bridgehead atoms. The molecule has 1 aliphatic carbocycles. The second-order valence-corrected chi connectivity index (χ2v) is 5.64. The Morgan fingerprint density at radius 1 is 1.52 bits per heavy atom. The zero-order chi connectivity index (χ0) is 15.4. The lowest BCUT2D eigenvalue weighted by molar-refractivity contribution is 0.0929. The fraction of sp³-hybridized carbons (Fsp3) is 0.643. The maximum Gasteiger partial charge on any atom is 0.255 e. The van der Waals surface area contributed by atoms with Gasteiger partial charge in [0.1, 0.15) is 0 Å². The molecule has 21 heavy (non-hydrogen) atoms. The normalized spacial score (nSPS) is 18.5. The van der Waals surface area contributed by atoms with Gasteiger partial charge in [-0.1, -0.05) is 24.4 Å². The summed E-state index contributed by atoms with van der Waals surface area (Å²) in [6.45, 7) is 1.83. The highest BCUT2D eigenvalue weighted by molar-refractivity contribution is 5.98. The number of amides is 1. The predicted molar refractivity (Wildman–Crippen MR) is 79.2 cm³/mol. The van der Waals surface area contributed by atoms with Gasteiger partial charge in [-0.15, -0.1) is 0 Å². The van der Waals surface area contributed by atoms with Gasteiger partial charge < -0.3 is 16.3 Å². The fourth-order valence-electron chi connectivity index (χ4n) is 2.90. The van der Waals surface area contributed by atoms with Crippen LogP contribution in [0.3, 0.4) is 0 Å². The lowest BCUT2D eigenvalue weighted by Crippen LogP contribution is -2.49. The largest absolute Gasteiger partial charge is 0.409 e. The lowest BCUT2D eigenvalue weighted by Gasteiger charge is -2.29. The molecule has 7 heteroatoms. The van der Waals surface area contributed by atoms with Gasteiger partial charge in [-0.3, -0.25) is 9.48 Å². The van der Waals surface area contributed by atoms with Crippen LogP contribution in [0.4, 0.5) is 0 Å². The van der Waals surface area contributed by atoms with Crippen molar-refractivity contribution in [3.8, 4) is 0 Å². The molecule has 1 amide bonds. The third-order valence-corrected chi connectivity index (χ3v) is 4.32. The van der Waals surface area contributed by atoms with Crippen molar-refractivity contribution in [1.82, 2.24) is 15.1 Å². The van der Waals surface area contributed by atoms with E-state index in [1.807, 2.05) is 6.92 Å². The minimum Gasteiger partial charge on any atom is -0.409 e. The Hall–Kier alpha value is -2.05. The molecule has 0 aromatic carbocycles. The summed E-state index contributed by atoms with van der Waals surface area (Å²) >= 11 is 0. The van der Waals surface area contributed by atoms with Gasteiger partial charge in [0.05, 0.1) is 17.8 Å². The van der Waals surface area contributed by atoms with Gasteiger partial charge in [-0.2, -0.15) is 5.10 Å². The molecule has 1 aliphatic rings. The number of hydrogen-bond donors (Lipinski definition) is 3. The highest BCUT2D eigenvalue weighted by atomic mass is 16.4. The molecule has 0 radical (unpaired) electrons. The fourth-order valence-corrected chi connectivity index (χ4v) is 2.90. The maximum absolute atomic E-state index is 12.4. The molecule has 1 fully saturated rings. The van der Waals surface area contributed by atoms with E-state index in [-0.39, 0.29) is 17.7 Å². The van der Waals surface area contributed by atoms with Gasteiger partial charge in [0, 0.05) is 12.7 Å². The van der Waals surface area contributed by atoms with Crippen LogP contribution < -0.4 is 11.1 Å². The Labute approximate surface area is 124 Å². The van der Waals surface area contributed by atoms with Gasteiger partial charge >= 0.3 is 0 Å². The third kappa shape index (κ3) is 3.34. The zero-order valence-electron chi connectivity index (χ0n) is 12.5. The van der Waals surface area contributed by atoms with Gasteiger partial charge in [-0.25, -0.2) is 0 Å². The van der Waals surface area contributed by atoms with E-state index >= 15 is 0 Å². The summed E-state index contributed by atoms with van der Waals surface area (Å²) in [5.74, 6) is 0.0511. The number of aryl methyl sites for hydroxylation is 1. The summed E-state index contributed by atoms with van der Waals surface area (Å²) in [6, 6.07) is -0.428. The maximum atomic E-state index is 12.4. The average molecular weight is 293 g/mol. The van der Waals surface area contributed by atoms with E-state index < -0.39 is 6.04 Å². The van der Waals surface area contributed by atoms with E-state index in [0.717, 1.165) is 31.4 Å². The van der Waals surface area contributed by atoms with Crippen molar-refractivity contribution in [3.63, 3.8) is 0 Å². The number of aromatic nitrogens is 2. The van der Waals surface area contributed by atoms with Crippen LogP contribution in [0.25, 0.3) is 0 Å². The van der Waals surface area contributed by atoms with E-state index in [1.54, 1.807) is 11.7 Å². The van der Waals surface area contributed by atoms with Crippen molar-refractivity contribution in [1.29, 1.82) is 0 Å². The number of carbonyl (C=O) groups excluding carboxylic acids is 1. The van der Waals surface area contributed by atoms with Crippen LogP contribution in [0.2, 0.25) is 0 Å². The molecule has 4 N–H and O–H groups in total. The molecule has 1 aromatic rings. The molecule has 1 heterocycles. The molecule has 0 aliphatic heterocycles. The van der Waals surface area contributed by atoms with Crippen LogP contribution in [0, 0.1) is 12.8 Å². The topological polar surface area (TPSA) is 106 Å². The van der Waals surface area contributed by atoms with Crippen molar-refractivity contribution < 1.29 is 10.0 Å². The van der Waals surface area contributed by atoms with Crippen molar-refractivity contribution in [2.75, 3.05) is 0 Å². The number of rotatable bonds is 4. The Balaban J connectivity index is 2.14. The van der Waals surface area contributed by atoms with Gasteiger partial charge in [0.15, 0.2) is 5.84 Å². The van der Waals surface area contributed by atoms with Crippen LogP contribution >= 0.6 is 0 Å². The number of nitrogens with one attached hydrogen (secondary N) is 1. The zero-order valence-corrected chi connectivity index (χ0v) is 12.5. The second kappa shape index (κ2) is 6.60. The highest BCUT2D eigenvalue weighted by Crippen LogP contribution is 2.27. The smallest absolute Gasteiger partial charge is 0.255 e. The van der Waals surface area contributed by atoms with Gasteiger partial charge in [-0.05, 0) is 25.7 Å². The standard InChI is InChI=1S/C14H23N5O2/c1-9-11(8-16-19(9)2)14(20)17-12(13(15)18-21)10-6-4-3-5-7-10/h8,10,12,21H,3-7H2,1-2H3,(H2,15,18)(H,17,20). The van der Waals surface area contributed by atoms with E-state index in [0.29, 0.717) is 5.56 Å². The number of nitrogens with zero attached hydrogens (tertiary/aromatic N) is 3. The van der Waals surface area contributed by atoms with Crippen molar-refractivity contribution in [2.24, 2.45) is 23.9 Å². The number of hydrogen-bond acceptors (Lipinski definition) is 4. The Kier molecular flexibility index (Phi) is 4.82. The van der Waals surface area contributed by atoms with Crippen LogP contribution in [0.15, 0.2) is 11.4 Å². The number of carbonyl (C=O) groups is 1. The van der Waals surface area contributed by atoms with Crippen LogP contribution in [0.1, 0.15) is 48.2 Å². The van der Waals surface area contributed by atoms with Gasteiger partial charge in [0.25, 0.3) is 5.91 Å². The molecular formula is C14H23N5O2. The molecule has 1 unspecified atom stereocenters. The molecule has 0 spiro atoms. The minimum absolute atomic E-state index is 0.0665. The molecule has 0 saturated heterocycles. The molecule has 116 valence electrons.